The number of amides is 1. The molecule has 0 spiro atoms. The minimum atomic E-state index is -0.552. The molecule has 0 aliphatic heterocycles. The van der Waals surface area contributed by atoms with E-state index in [1.807, 2.05) is 32.0 Å². The van der Waals surface area contributed by atoms with E-state index >= 15 is 0 Å². The Morgan fingerprint density at radius 2 is 1.90 bits per heavy atom. The molecule has 8 heteroatoms. The van der Waals surface area contributed by atoms with Gasteiger partial charge in [0.05, 0.1) is 10.9 Å². The van der Waals surface area contributed by atoms with Crippen LogP contribution in [-0.2, 0) is 11.4 Å². The summed E-state index contributed by atoms with van der Waals surface area (Å²) in [5, 5.41) is 10.2. The Morgan fingerprint density at radius 3 is 2.66 bits per heavy atom. The molecular formula is C21H22FN3O3S. The molecule has 1 unspecified atom stereocenters. The summed E-state index contributed by atoms with van der Waals surface area (Å²) in [4.78, 5) is 12.3. The largest absolute Gasteiger partial charge is 0.484 e. The van der Waals surface area contributed by atoms with Gasteiger partial charge in [-0.25, -0.2) is 4.39 Å². The predicted molar refractivity (Wildman–Crippen MR) is 110 cm³/mol. The molecule has 0 saturated carbocycles. The maximum absolute atomic E-state index is 13.9. The highest BCUT2D eigenvalue weighted by Gasteiger charge is 2.20. The Balaban J connectivity index is 1.56. The second-order valence-electron chi connectivity index (χ2n) is 6.75. The third-order valence-corrected chi connectivity index (χ3v) is 5.11. The summed E-state index contributed by atoms with van der Waals surface area (Å²) in [6.45, 7) is 7.55. The Bertz CT molecular complexity index is 1020. The molecular weight excluding hydrogens is 393 g/mol. The molecule has 2 aromatic carbocycles. The van der Waals surface area contributed by atoms with Crippen molar-refractivity contribution in [2.45, 2.75) is 44.8 Å². The Hall–Kier alpha value is -2.87. The van der Waals surface area contributed by atoms with E-state index in [-0.39, 0.29) is 23.4 Å². The Morgan fingerprint density at radius 1 is 1.17 bits per heavy atom. The van der Waals surface area contributed by atoms with Crippen LogP contribution >= 0.6 is 11.8 Å². The summed E-state index contributed by atoms with van der Waals surface area (Å²) in [5.74, 6) is 0.235. The number of halogens is 1. The van der Waals surface area contributed by atoms with Crippen molar-refractivity contribution < 1.29 is 18.3 Å². The first-order chi connectivity index (χ1) is 13.8. The zero-order valence-electron chi connectivity index (χ0n) is 16.7. The smallest absolute Gasteiger partial charge is 0.277 e. The van der Waals surface area contributed by atoms with Crippen molar-refractivity contribution >= 4 is 23.4 Å². The predicted octanol–water partition coefficient (Wildman–Crippen LogP) is 4.83. The van der Waals surface area contributed by atoms with Crippen molar-refractivity contribution in [1.29, 1.82) is 0 Å². The molecule has 0 aliphatic carbocycles. The fourth-order valence-corrected chi connectivity index (χ4v) is 3.21. The second-order valence-corrected chi connectivity index (χ2v) is 8.04. The third kappa shape index (κ3) is 5.57. The van der Waals surface area contributed by atoms with Gasteiger partial charge in [-0.15, -0.1) is 10.2 Å². The Kier molecular flexibility index (Phi) is 6.53. The van der Waals surface area contributed by atoms with Crippen molar-refractivity contribution in [3.63, 3.8) is 0 Å². The van der Waals surface area contributed by atoms with Gasteiger partial charge in [0.1, 0.15) is 11.6 Å². The summed E-state index contributed by atoms with van der Waals surface area (Å²) >= 11 is 1.10. The van der Waals surface area contributed by atoms with Gasteiger partial charge in [-0.3, -0.25) is 4.79 Å². The lowest BCUT2D eigenvalue weighted by Crippen LogP contribution is -2.23. The van der Waals surface area contributed by atoms with Crippen molar-refractivity contribution in [2.75, 3.05) is 5.32 Å². The van der Waals surface area contributed by atoms with Gasteiger partial charge < -0.3 is 14.5 Å². The highest BCUT2D eigenvalue weighted by atomic mass is 32.2. The van der Waals surface area contributed by atoms with Gasteiger partial charge in [0, 0.05) is 0 Å². The molecule has 0 aliphatic rings. The molecule has 0 fully saturated rings. The number of carbonyl (C=O) groups excluding carboxylic acids is 1. The number of hydrogen-bond acceptors (Lipinski definition) is 6. The molecule has 29 heavy (non-hydrogen) atoms. The van der Waals surface area contributed by atoms with Crippen LogP contribution in [0.4, 0.5) is 10.1 Å². The van der Waals surface area contributed by atoms with Gasteiger partial charge >= 0.3 is 0 Å². The quantitative estimate of drug-likeness (QED) is 0.557. The fourth-order valence-electron chi connectivity index (χ4n) is 2.51. The highest BCUT2D eigenvalue weighted by molar-refractivity contribution is 8.00. The van der Waals surface area contributed by atoms with E-state index in [4.69, 9.17) is 9.15 Å². The fraction of sp³-hybridized carbons (Fsp3) is 0.286. The number of hydrogen-bond donors (Lipinski definition) is 1. The van der Waals surface area contributed by atoms with E-state index in [1.54, 1.807) is 19.9 Å². The van der Waals surface area contributed by atoms with Crippen LogP contribution in [-0.4, -0.2) is 21.4 Å². The van der Waals surface area contributed by atoms with Crippen molar-refractivity contribution in [3.8, 4) is 5.75 Å². The molecule has 0 bridgehead atoms. The number of aromatic nitrogens is 2. The molecule has 3 aromatic rings. The van der Waals surface area contributed by atoms with Crippen LogP contribution in [0, 0.1) is 26.6 Å². The Labute approximate surface area is 172 Å². The monoisotopic (exact) mass is 415 g/mol. The number of rotatable bonds is 7. The third-order valence-electron chi connectivity index (χ3n) is 4.17. The van der Waals surface area contributed by atoms with Crippen LogP contribution < -0.4 is 10.1 Å². The van der Waals surface area contributed by atoms with Gasteiger partial charge in [-0.05, 0) is 62.6 Å². The molecule has 0 radical (unpaired) electrons. The molecule has 0 saturated heterocycles. The zero-order valence-corrected chi connectivity index (χ0v) is 17.5. The molecule has 1 amide bonds. The topological polar surface area (TPSA) is 77.2 Å². The van der Waals surface area contributed by atoms with Crippen LogP contribution in [0.15, 0.2) is 46.0 Å². The number of aryl methyl sites for hydroxylation is 3. The second kappa shape index (κ2) is 9.09. The number of carbonyl (C=O) groups is 1. The lowest BCUT2D eigenvalue weighted by molar-refractivity contribution is -0.115. The minimum Gasteiger partial charge on any atom is -0.484 e. The molecule has 1 N–H and O–H groups in total. The van der Waals surface area contributed by atoms with E-state index in [0.29, 0.717) is 5.89 Å². The number of anilines is 1. The van der Waals surface area contributed by atoms with Crippen LogP contribution in [0.2, 0.25) is 0 Å². The summed E-state index contributed by atoms with van der Waals surface area (Å²) < 4.78 is 25.2. The highest BCUT2D eigenvalue weighted by Crippen LogP contribution is 2.25. The number of benzene rings is 2. The van der Waals surface area contributed by atoms with Gasteiger partial charge in [0.2, 0.25) is 5.91 Å². The van der Waals surface area contributed by atoms with E-state index in [1.165, 1.54) is 12.1 Å². The van der Waals surface area contributed by atoms with Gasteiger partial charge in [0.25, 0.3) is 11.1 Å². The summed E-state index contributed by atoms with van der Waals surface area (Å²) in [7, 11) is 0. The normalized spacial score (nSPS) is 11.9. The maximum Gasteiger partial charge on any atom is 0.277 e. The van der Waals surface area contributed by atoms with E-state index < -0.39 is 11.1 Å². The van der Waals surface area contributed by atoms with Crippen molar-refractivity contribution in [1.82, 2.24) is 10.2 Å². The molecule has 1 atom stereocenters. The van der Waals surface area contributed by atoms with Gasteiger partial charge in [-0.1, -0.05) is 30.0 Å². The first-order valence-corrected chi connectivity index (χ1v) is 9.96. The number of ether oxygens (including phenoxy) is 1. The zero-order chi connectivity index (χ0) is 21.0. The van der Waals surface area contributed by atoms with E-state index in [0.717, 1.165) is 34.2 Å². The van der Waals surface area contributed by atoms with Crippen molar-refractivity contribution in [2.24, 2.45) is 0 Å². The lowest BCUT2D eigenvalue weighted by atomic mass is 10.1. The SMILES string of the molecule is Cc1ccc(NC(=O)C(C)Sc2nnc(COc3cc(C)ccc3C)o2)c(F)c1. The molecule has 1 aromatic heterocycles. The van der Waals surface area contributed by atoms with Crippen LogP contribution in [0.3, 0.4) is 0 Å². The van der Waals surface area contributed by atoms with Crippen molar-refractivity contribution in [3.05, 3.63) is 64.8 Å². The molecule has 152 valence electrons. The summed E-state index contributed by atoms with van der Waals surface area (Å²) in [5.41, 5.74) is 3.03. The first-order valence-electron chi connectivity index (χ1n) is 9.08. The van der Waals surface area contributed by atoms with Crippen LogP contribution in [0.25, 0.3) is 0 Å². The molecule has 1 heterocycles. The standard InChI is InChI=1S/C21H22FN3O3S/c1-12-6-8-17(16(22)9-12)23-20(26)15(4)29-21-25-24-19(28-21)11-27-18-10-13(2)5-7-14(18)3/h5-10,15H,11H2,1-4H3,(H,23,26). The summed E-state index contributed by atoms with van der Waals surface area (Å²) in [6.07, 6.45) is 0. The number of nitrogens with zero attached hydrogens (tertiary/aromatic N) is 2. The minimum absolute atomic E-state index is 0.132. The van der Waals surface area contributed by atoms with Crippen LogP contribution in [0.5, 0.6) is 5.75 Å². The molecule has 3 rings (SSSR count). The van der Waals surface area contributed by atoms with E-state index in [9.17, 15) is 9.18 Å². The average molecular weight is 415 g/mol. The van der Waals surface area contributed by atoms with Gasteiger partial charge in [-0.2, -0.15) is 0 Å². The molecule has 6 nitrogen and oxygen atoms in total. The lowest BCUT2D eigenvalue weighted by Gasteiger charge is -2.11. The average Bonchev–Trinajstić information content (AvgIpc) is 3.12. The number of nitrogens with one attached hydrogen (secondary N) is 1. The van der Waals surface area contributed by atoms with Crippen LogP contribution in [0.1, 0.15) is 29.5 Å². The van der Waals surface area contributed by atoms with Gasteiger partial charge in [0.15, 0.2) is 6.61 Å². The van der Waals surface area contributed by atoms with E-state index in [2.05, 4.69) is 15.5 Å². The number of thioether (sulfide) groups is 1. The summed E-state index contributed by atoms with van der Waals surface area (Å²) in [6, 6.07) is 10.6. The first kappa shape index (κ1) is 20.9. The maximum atomic E-state index is 13.9.